The monoisotopic (exact) mass is 213 g/mol. The molecule has 0 amide bonds. The smallest absolute Gasteiger partial charge is 0.328 e. The molecule has 1 unspecified atom stereocenters. The zero-order valence-corrected chi connectivity index (χ0v) is 9.36. The third-order valence-electron chi connectivity index (χ3n) is 2.60. The second kappa shape index (κ2) is 4.77. The highest BCUT2D eigenvalue weighted by molar-refractivity contribution is 5.80. The van der Waals surface area contributed by atoms with E-state index in [1.807, 2.05) is 6.92 Å². The summed E-state index contributed by atoms with van der Waals surface area (Å²) in [7, 11) is 0. The Morgan fingerprint density at radius 1 is 1.60 bits per heavy atom. The molecule has 1 heterocycles. The summed E-state index contributed by atoms with van der Waals surface area (Å²) >= 11 is 0. The van der Waals surface area contributed by atoms with Crippen molar-refractivity contribution in [2.75, 3.05) is 19.6 Å². The lowest BCUT2D eigenvalue weighted by Gasteiger charge is -2.36. The molecule has 0 radical (unpaired) electrons. The molecule has 0 bridgehead atoms. The molecule has 2 N–H and O–H groups in total. The maximum atomic E-state index is 10.4. The van der Waals surface area contributed by atoms with Gasteiger partial charge in [-0.3, -0.25) is 4.90 Å². The molecule has 1 aliphatic rings. The van der Waals surface area contributed by atoms with E-state index in [1.54, 1.807) is 6.92 Å². The molecule has 0 spiro atoms. The fourth-order valence-electron chi connectivity index (χ4n) is 2.07. The lowest BCUT2D eigenvalue weighted by molar-refractivity contribution is -0.131. The molecular formula is C11H19NO3. The summed E-state index contributed by atoms with van der Waals surface area (Å²) in [4.78, 5) is 12.5. The highest BCUT2D eigenvalue weighted by Gasteiger charge is 2.27. The molecule has 0 aromatic carbocycles. The Bertz CT molecular complexity index is 271. The van der Waals surface area contributed by atoms with E-state index in [-0.39, 0.29) is 0 Å². The van der Waals surface area contributed by atoms with Gasteiger partial charge in [-0.25, -0.2) is 4.79 Å². The van der Waals surface area contributed by atoms with Gasteiger partial charge in [-0.1, -0.05) is 5.57 Å². The summed E-state index contributed by atoms with van der Waals surface area (Å²) in [5, 5.41) is 18.4. The van der Waals surface area contributed by atoms with Crippen LogP contribution in [-0.4, -0.2) is 46.3 Å². The van der Waals surface area contributed by atoms with Crippen molar-refractivity contribution in [3.63, 3.8) is 0 Å². The number of hydrogen-bond acceptors (Lipinski definition) is 3. The summed E-state index contributed by atoms with van der Waals surface area (Å²) < 4.78 is 0. The molecule has 1 atom stereocenters. The van der Waals surface area contributed by atoms with E-state index in [9.17, 15) is 9.90 Å². The van der Waals surface area contributed by atoms with Gasteiger partial charge in [0.25, 0.3) is 0 Å². The number of carboxylic acid groups (broad SMARTS) is 1. The normalized spacial score (nSPS) is 29.1. The molecule has 1 aliphatic heterocycles. The maximum absolute atomic E-state index is 10.4. The van der Waals surface area contributed by atoms with Gasteiger partial charge in [0.05, 0.1) is 5.60 Å². The first kappa shape index (κ1) is 12.2. The quantitative estimate of drug-likeness (QED) is 0.683. The van der Waals surface area contributed by atoms with Crippen molar-refractivity contribution in [3.05, 3.63) is 11.6 Å². The molecular weight excluding hydrogens is 194 g/mol. The van der Waals surface area contributed by atoms with Crippen LogP contribution in [0.4, 0.5) is 0 Å². The molecule has 4 nitrogen and oxygen atoms in total. The average molecular weight is 213 g/mol. The number of nitrogens with zero attached hydrogens (tertiary/aromatic N) is 1. The first-order chi connectivity index (χ1) is 6.89. The van der Waals surface area contributed by atoms with E-state index < -0.39 is 11.6 Å². The Kier molecular flexibility index (Phi) is 3.88. The average Bonchev–Trinajstić information content (AvgIpc) is 1.99. The van der Waals surface area contributed by atoms with Crippen LogP contribution in [0.25, 0.3) is 0 Å². The first-order valence-electron chi connectivity index (χ1n) is 5.24. The number of aliphatic hydroxyl groups is 1. The van der Waals surface area contributed by atoms with E-state index in [0.29, 0.717) is 13.1 Å². The molecule has 1 fully saturated rings. The summed E-state index contributed by atoms with van der Waals surface area (Å²) in [6, 6.07) is 0. The summed E-state index contributed by atoms with van der Waals surface area (Å²) in [6.07, 6.45) is 3.02. The first-order valence-corrected chi connectivity index (χ1v) is 5.24. The Morgan fingerprint density at radius 2 is 2.27 bits per heavy atom. The predicted octanol–water partition coefficient (Wildman–Crippen LogP) is 0.864. The SMILES string of the molecule is CC(=CC(=O)O)CN1CCCC(C)(O)C1. The van der Waals surface area contributed by atoms with Crippen molar-refractivity contribution in [1.29, 1.82) is 0 Å². The van der Waals surface area contributed by atoms with Crippen LogP contribution in [0.3, 0.4) is 0 Å². The summed E-state index contributed by atoms with van der Waals surface area (Å²) in [6.45, 7) is 5.81. The molecule has 4 heteroatoms. The highest BCUT2D eigenvalue weighted by Crippen LogP contribution is 2.20. The lowest BCUT2D eigenvalue weighted by Crippen LogP contribution is -2.46. The Hall–Kier alpha value is -0.870. The van der Waals surface area contributed by atoms with E-state index >= 15 is 0 Å². The second-order valence-electron chi connectivity index (χ2n) is 4.64. The van der Waals surface area contributed by atoms with Gasteiger partial charge in [0.15, 0.2) is 0 Å². The Labute approximate surface area is 90.2 Å². The van der Waals surface area contributed by atoms with E-state index in [4.69, 9.17) is 5.11 Å². The molecule has 0 aromatic rings. The molecule has 15 heavy (non-hydrogen) atoms. The van der Waals surface area contributed by atoms with Crippen molar-refractivity contribution in [1.82, 2.24) is 4.90 Å². The standard InChI is InChI=1S/C11H19NO3/c1-9(6-10(13)14)7-12-5-3-4-11(2,15)8-12/h6,15H,3-5,7-8H2,1-2H3,(H,13,14). The molecule has 0 aromatic heterocycles. The van der Waals surface area contributed by atoms with Gasteiger partial charge in [-0.15, -0.1) is 0 Å². The van der Waals surface area contributed by atoms with Gasteiger partial charge >= 0.3 is 5.97 Å². The topological polar surface area (TPSA) is 60.8 Å². The minimum absolute atomic E-state index is 0.623. The summed E-state index contributed by atoms with van der Waals surface area (Å²) in [5.74, 6) is -0.906. The van der Waals surface area contributed by atoms with Crippen LogP contribution in [0.1, 0.15) is 26.7 Å². The fraction of sp³-hybridized carbons (Fsp3) is 0.727. The van der Waals surface area contributed by atoms with Gasteiger partial charge in [0.2, 0.25) is 0 Å². The molecule has 1 rings (SSSR count). The van der Waals surface area contributed by atoms with Crippen LogP contribution >= 0.6 is 0 Å². The number of rotatable bonds is 3. The van der Waals surface area contributed by atoms with Gasteiger partial charge in [-0.05, 0) is 33.2 Å². The number of aliphatic carboxylic acids is 1. The zero-order valence-electron chi connectivity index (χ0n) is 9.36. The highest BCUT2D eigenvalue weighted by atomic mass is 16.4. The number of carbonyl (C=O) groups is 1. The van der Waals surface area contributed by atoms with Crippen molar-refractivity contribution in [3.8, 4) is 0 Å². The molecule has 1 saturated heterocycles. The fourth-order valence-corrected chi connectivity index (χ4v) is 2.07. The largest absolute Gasteiger partial charge is 0.478 e. The lowest BCUT2D eigenvalue weighted by atomic mass is 9.95. The van der Waals surface area contributed by atoms with Crippen LogP contribution < -0.4 is 0 Å². The van der Waals surface area contributed by atoms with Gasteiger partial charge in [0.1, 0.15) is 0 Å². The van der Waals surface area contributed by atoms with Crippen molar-refractivity contribution >= 4 is 5.97 Å². The van der Waals surface area contributed by atoms with Crippen LogP contribution in [-0.2, 0) is 4.79 Å². The van der Waals surface area contributed by atoms with Gasteiger partial charge < -0.3 is 10.2 Å². The third-order valence-corrected chi connectivity index (χ3v) is 2.60. The second-order valence-corrected chi connectivity index (χ2v) is 4.64. The number of piperidine rings is 1. The van der Waals surface area contributed by atoms with E-state index in [1.165, 1.54) is 6.08 Å². The third kappa shape index (κ3) is 4.44. The van der Waals surface area contributed by atoms with Crippen LogP contribution in [0.2, 0.25) is 0 Å². The summed E-state index contributed by atoms with van der Waals surface area (Å²) in [5.41, 5.74) is 0.196. The molecule has 0 aliphatic carbocycles. The van der Waals surface area contributed by atoms with Crippen LogP contribution in [0.5, 0.6) is 0 Å². The Balaban J connectivity index is 2.48. The number of hydrogen-bond donors (Lipinski definition) is 2. The van der Waals surface area contributed by atoms with E-state index in [0.717, 1.165) is 25.0 Å². The van der Waals surface area contributed by atoms with Crippen LogP contribution in [0.15, 0.2) is 11.6 Å². The Morgan fingerprint density at radius 3 is 2.80 bits per heavy atom. The minimum Gasteiger partial charge on any atom is -0.478 e. The maximum Gasteiger partial charge on any atom is 0.328 e. The predicted molar refractivity (Wildman–Crippen MR) is 57.7 cm³/mol. The molecule has 0 saturated carbocycles. The van der Waals surface area contributed by atoms with Crippen molar-refractivity contribution in [2.45, 2.75) is 32.3 Å². The molecule has 86 valence electrons. The van der Waals surface area contributed by atoms with E-state index in [2.05, 4.69) is 4.90 Å². The van der Waals surface area contributed by atoms with Gasteiger partial charge in [-0.2, -0.15) is 0 Å². The zero-order chi connectivity index (χ0) is 11.5. The van der Waals surface area contributed by atoms with Crippen molar-refractivity contribution < 1.29 is 15.0 Å². The van der Waals surface area contributed by atoms with Crippen molar-refractivity contribution in [2.24, 2.45) is 0 Å². The van der Waals surface area contributed by atoms with Gasteiger partial charge in [0, 0.05) is 19.2 Å². The number of carboxylic acids is 1. The van der Waals surface area contributed by atoms with Crippen LogP contribution in [0, 0.1) is 0 Å². The number of β-amino-alcohol motifs (C(OH)–C–C–N with tert-alkyl or cyclic N) is 1. The minimum atomic E-state index is -0.906. The number of likely N-dealkylation sites (tertiary alicyclic amines) is 1.